The molecule has 8 heteroatoms. The summed E-state index contributed by atoms with van der Waals surface area (Å²) >= 11 is 3.23. The molecule has 6 nitrogen and oxygen atoms in total. The van der Waals surface area contributed by atoms with E-state index in [1.54, 1.807) is 35.0 Å². The summed E-state index contributed by atoms with van der Waals surface area (Å²) in [5.74, 6) is -0.338. The molecule has 0 aliphatic carbocycles. The first-order chi connectivity index (χ1) is 16.4. The van der Waals surface area contributed by atoms with Gasteiger partial charge in [-0.05, 0) is 74.3 Å². The minimum absolute atomic E-state index is 0.108. The molecule has 2 amide bonds. The van der Waals surface area contributed by atoms with Gasteiger partial charge in [0, 0.05) is 16.1 Å². The van der Waals surface area contributed by atoms with Crippen molar-refractivity contribution in [1.82, 2.24) is 9.88 Å². The van der Waals surface area contributed by atoms with Gasteiger partial charge >= 0.3 is 0 Å². The number of nitrogens with one attached hydrogen (secondary N) is 2. The van der Waals surface area contributed by atoms with E-state index in [1.165, 1.54) is 5.56 Å². The van der Waals surface area contributed by atoms with E-state index >= 15 is 0 Å². The van der Waals surface area contributed by atoms with Crippen molar-refractivity contribution >= 4 is 56.5 Å². The maximum atomic E-state index is 12.5. The summed E-state index contributed by atoms with van der Waals surface area (Å²) in [6.45, 7) is 2.30. The molecule has 0 spiro atoms. The number of anilines is 2. The fourth-order valence-electron chi connectivity index (χ4n) is 3.54. The topological polar surface area (TPSA) is 74.3 Å². The molecule has 0 aliphatic rings. The van der Waals surface area contributed by atoms with Crippen LogP contribution in [-0.2, 0) is 9.59 Å². The monoisotopic (exact) mass is 490 g/mol. The molecule has 0 fully saturated rings. The second kappa shape index (κ2) is 10.8. The SMILES string of the molecule is CSc1ccccc1NC(=O)CN(C)CC(=O)Nc1ccc(-c2nc3ccc(C)cc3s2)cc1. The van der Waals surface area contributed by atoms with Gasteiger partial charge in [-0.3, -0.25) is 14.5 Å². The van der Waals surface area contributed by atoms with Crippen LogP contribution in [-0.4, -0.2) is 48.1 Å². The van der Waals surface area contributed by atoms with E-state index in [9.17, 15) is 9.59 Å². The second-order valence-electron chi connectivity index (χ2n) is 8.04. The lowest BCUT2D eigenvalue weighted by molar-refractivity contribution is -0.119. The molecular formula is C26H26N4O2S2. The van der Waals surface area contributed by atoms with Crippen LogP contribution in [0.5, 0.6) is 0 Å². The van der Waals surface area contributed by atoms with Crippen molar-refractivity contribution in [3.63, 3.8) is 0 Å². The molecule has 174 valence electrons. The standard InChI is InChI=1S/C26H26N4O2S2/c1-17-8-13-21-23(14-17)34-26(29-21)18-9-11-19(12-10-18)27-24(31)15-30(2)16-25(32)28-20-6-4-5-7-22(20)33-3/h4-14H,15-16H2,1-3H3,(H,27,31)(H,28,32). The molecule has 4 aromatic rings. The summed E-state index contributed by atoms with van der Waals surface area (Å²) in [4.78, 5) is 32.2. The quantitative estimate of drug-likeness (QED) is 0.319. The minimum atomic E-state index is -0.178. The van der Waals surface area contributed by atoms with Gasteiger partial charge in [0.25, 0.3) is 0 Å². The van der Waals surface area contributed by atoms with E-state index in [1.807, 2.05) is 60.9 Å². The summed E-state index contributed by atoms with van der Waals surface area (Å²) in [6.07, 6.45) is 1.97. The summed E-state index contributed by atoms with van der Waals surface area (Å²) in [5, 5.41) is 6.76. The van der Waals surface area contributed by atoms with Gasteiger partial charge in [0.15, 0.2) is 0 Å². The van der Waals surface area contributed by atoms with Crippen LogP contribution < -0.4 is 10.6 Å². The number of nitrogens with zero attached hydrogens (tertiary/aromatic N) is 2. The van der Waals surface area contributed by atoms with Crippen molar-refractivity contribution in [3.8, 4) is 10.6 Å². The van der Waals surface area contributed by atoms with Crippen LogP contribution in [0.2, 0.25) is 0 Å². The van der Waals surface area contributed by atoms with E-state index < -0.39 is 0 Å². The molecule has 2 N–H and O–H groups in total. The number of hydrogen-bond acceptors (Lipinski definition) is 6. The Balaban J connectivity index is 1.30. The molecule has 0 unspecified atom stereocenters. The van der Waals surface area contributed by atoms with Crippen LogP contribution in [0.1, 0.15) is 5.56 Å². The largest absolute Gasteiger partial charge is 0.325 e. The van der Waals surface area contributed by atoms with Gasteiger partial charge in [0.05, 0.1) is 29.0 Å². The summed E-state index contributed by atoms with van der Waals surface area (Å²) in [7, 11) is 1.75. The number of para-hydroxylation sites is 1. The molecule has 4 rings (SSSR count). The Labute approximate surface area is 207 Å². The van der Waals surface area contributed by atoms with E-state index in [2.05, 4.69) is 29.7 Å². The minimum Gasteiger partial charge on any atom is -0.325 e. The number of rotatable bonds is 8. The lowest BCUT2D eigenvalue weighted by Gasteiger charge is -2.17. The molecule has 0 saturated heterocycles. The Morgan fingerprint density at radius 2 is 1.68 bits per heavy atom. The number of thioether (sulfide) groups is 1. The third-order valence-corrected chi connectivity index (χ3v) is 7.03. The highest BCUT2D eigenvalue weighted by molar-refractivity contribution is 7.98. The Hall–Kier alpha value is -3.20. The molecule has 0 radical (unpaired) electrons. The Kier molecular flexibility index (Phi) is 7.62. The first-order valence-corrected chi connectivity index (χ1v) is 12.8. The molecule has 1 aromatic heterocycles. The highest BCUT2D eigenvalue weighted by Gasteiger charge is 2.13. The van der Waals surface area contributed by atoms with Gasteiger partial charge in [-0.1, -0.05) is 18.2 Å². The average molecular weight is 491 g/mol. The summed E-state index contributed by atoms with van der Waals surface area (Å²) < 4.78 is 1.16. The fourth-order valence-corrected chi connectivity index (χ4v) is 5.16. The van der Waals surface area contributed by atoms with Crippen LogP contribution >= 0.6 is 23.1 Å². The highest BCUT2D eigenvalue weighted by Crippen LogP contribution is 2.31. The zero-order valence-electron chi connectivity index (χ0n) is 19.3. The molecule has 34 heavy (non-hydrogen) atoms. The third kappa shape index (κ3) is 6.02. The van der Waals surface area contributed by atoms with Gasteiger partial charge in [-0.25, -0.2) is 4.98 Å². The Bertz CT molecular complexity index is 1320. The Morgan fingerprint density at radius 3 is 2.41 bits per heavy atom. The molecule has 0 saturated carbocycles. The van der Waals surface area contributed by atoms with Crippen molar-refractivity contribution < 1.29 is 9.59 Å². The van der Waals surface area contributed by atoms with E-state index in [0.29, 0.717) is 5.69 Å². The average Bonchev–Trinajstić information content (AvgIpc) is 3.22. The number of benzene rings is 3. The van der Waals surface area contributed by atoms with Crippen molar-refractivity contribution in [2.45, 2.75) is 11.8 Å². The highest BCUT2D eigenvalue weighted by atomic mass is 32.2. The van der Waals surface area contributed by atoms with E-state index in [0.717, 1.165) is 31.4 Å². The van der Waals surface area contributed by atoms with Crippen molar-refractivity contribution in [3.05, 3.63) is 72.3 Å². The van der Waals surface area contributed by atoms with Crippen molar-refractivity contribution in [2.75, 3.05) is 37.0 Å². The van der Waals surface area contributed by atoms with Gasteiger partial charge < -0.3 is 10.6 Å². The predicted octanol–water partition coefficient (Wildman–Crippen LogP) is 5.50. The molecule has 1 heterocycles. The number of fused-ring (bicyclic) bond motifs is 1. The van der Waals surface area contributed by atoms with Gasteiger partial charge in [0.1, 0.15) is 5.01 Å². The van der Waals surface area contributed by atoms with Crippen LogP contribution in [0.15, 0.2) is 71.6 Å². The normalized spacial score (nSPS) is 11.1. The van der Waals surface area contributed by atoms with Crippen LogP contribution in [0.3, 0.4) is 0 Å². The van der Waals surface area contributed by atoms with E-state index in [-0.39, 0.29) is 24.9 Å². The predicted molar refractivity (Wildman–Crippen MR) is 143 cm³/mol. The molecule has 0 atom stereocenters. The maximum Gasteiger partial charge on any atom is 0.238 e. The lowest BCUT2D eigenvalue weighted by atomic mass is 10.2. The van der Waals surface area contributed by atoms with Crippen LogP contribution in [0.25, 0.3) is 20.8 Å². The van der Waals surface area contributed by atoms with Crippen molar-refractivity contribution in [1.29, 1.82) is 0 Å². The lowest BCUT2D eigenvalue weighted by Crippen LogP contribution is -2.36. The molecule has 0 bridgehead atoms. The van der Waals surface area contributed by atoms with Crippen LogP contribution in [0.4, 0.5) is 11.4 Å². The third-order valence-electron chi connectivity index (χ3n) is 5.17. The van der Waals surface area contributed by atoms with E-state index in [4.69, 9.17) is 4.98 Å². The number of likely N-dealkylation sites (N-methyl/N-ethyl adjacent to an activating group) is 1. The number of carbonyl (C=O) groups is 2. The zero-order valence-corrected chi connectivity index (χ0v) is 20.9. The molecule has 3 aromatic carbocycles. The first-order valence-electron chi connectivity index (χ1n) is 10.8. The first kappa shape index (κ1) is 23.9. The number of hydrogen-bond donors (Lipinski definition) is 2. The number of aromatic nitrogens is 1. The number of amides is 2. The zero-order chi connectivity index (χ0) is 24.1. The summed E-state index contributed by atoms with van der Waals surface area (Å²) in [6, 6.07) is 21.6. The number of aryl methyl sites for hydroxylation is 1. The molecule has 0 aliphatic heterocycles. The number of thiazole rings is 1. The van der Waals surface area contributed by atoms with Gasteiger partial charge in [-0.2, -0.15) is 0 Å². The smallest absolute Gasteiger partial charge is 0.238 e. The van der Waals surface area contributed by atoms with Gasteiger partial charge in [-0.15, -0.1) is 23.1 Å². The van der Waals surface area contributed by atoms with Gasteiger partial charge in [0.2, 0.25) is 11.8 Å². The Morgan fingerprint density at radius 1 is 0.971 bits per heavy atom. The van der Waals surface area contributed by atoms with Crippen molar-refractivity contribution in [2.24, 2.45) is 0 Å². The second-order valence-corrected chi connectivity index (χ2v) is 9.92. The maximum absolute atomic E-state index is 12.5. The molecular weight excluding hydrogens is 464 g/mol. The fraction of sp³-hybridized carbons (Fsp3) is 0.192. The number of carbonyl (C=O) groups excluding carboxylic acids is 2. The summed E-state index contributed by atoms with van der Waals surface area (Å²) in [5.41, 5.74) is 4.70. The van der Waals surface area contributed by atoms with Crippen LogP contribution in [0, 0.1) is 6.92 Å².